The molecule has 0 radical (unpaired) electrons. The van der Waals surface area contributed by atoms with E-state index in [0.29, 0.717) is 52.9 Å². The minimum Gasteiger partial charge on any atom is -0.493 e. The van der Waals surface area contributed by atoms with Gasteiger partial charge in [0.25, 0.3) is 0 Å². The largest absolute Gasteiger partial charge is 0.493 e. The van der Waals surface area contributed by atoms with E-state index < -0.39 is 0 Å². The zero-order chi connectivity index (χ0) is 21.8. The van der Waals surface area contributed by atoms with Crippen molar-refractivity contribution in [2.45, 2.75) is 13.2 Å². The van der Waals surface area contributed by atoms with E-state index in [-0.39, 0.29) is 0 Å². The van der Waals surface area contributed by atoms with Crippen molar-refractivity contribution in [2.24, 2.45) is 0 Å². The lowest BCUT2D eigenvalue weighted by atomic mass is 10.1. The summed E-state index contributed by atoms with van der Waals surface area (Å²) in [5, 5.41) is 4.89. The molecule has 0 bridgehead atoms. The van der Waals surface area contributed by atoms with Crippen LogP contribution in [0.3, 0.4) is 0 Å². The summed E-state index contributed by atoms with van der Waals surface area (Å²) < 4.78 is 22.6. The molecule has 0 saturated heterocycles. The molecule has 0 saturated carbocycles. The van der Waals surface area contributed by atoms with Gasteiger partial charge in [-0.25, -0.2) is 0 Å². The van der Waals surface area contributed by atoms with E-state index >= 15 is 0 Å². The van der Waals surface area contributed by atoms with Gasteiger partial charge in [-0.1, -0.05) is 40.9 Å². The van der Waals surface area contributed by atoms with Gasteiger partial charge in [0.15, 0.2) is 23.0 Å². The van der Waals surface area contributed by atoms with Gasteiger partial charge in [0, 0.05) is 29.4 Å². The van der Waals surface area contributed by atoms with Gasteiger partial charge < -0.3 is 24.3 Å². The average Bonchev–Trinajstić information content (AvgIpc) is 2.79. The molecule has 0 unspecified atom stereocenters. The second-order valence-corrected chi connectivity index (χ2v) is 8.07. The molecule has 31 heavy (non-hydrogen) atoms. The third-order valence-electron chi connectivity index (χ3n) is 4.74. The number of rotatable bonds is 7. The predicted octanol–water partition coefficient (Wildman–Crippen LogP) is 6.62. The maximum Gasteiger partial charge on any atom is 0.163 e. The zero-order valence-electron chi connectivity index (χ0n) is 16.7. The highest BCUT2D eigenvalue weighted by molar-refractivity contribution is 6.42. The highest BCUT2D eigenvalue weighted by atomic mass is 35.5. The van der Waals surface area contributed by atoms with E-state index in [2.05, 4.69) is 5.32 Å². The molecule has 0 spiro atoms. The molecule has 0 aromatic heterocycles. The number of nitrogens with one attached hydrogen (secondary N) is 1. The summed E-state index contributed by atoms with van der Waals surface area (Å²) in [5.41, 5.74) is 2.66. The number of benzene rings is 3. The normalized spacial score (nSPS) is 12.4. The highest BCUT2D eigenvalue weighted by Crippen LogP contribution is 2.36. The van der Waals surface area contributed by atoms with E-state index in [1.54, 1.807) is 25.3 Å². The third kappa shape index (κ3) is 5.24. The first-order chi connectivity index (χ1) is 15.0. The van der Waals surface area contributed by atoms with E-state index in [1.807, 2.05) is 30.3 Å². The van der Waals surface area contributed by atoms with Gasteiger partial charge in [0.1, 0.15) is 19.8 Å². The monoisotopic (exact) mass is 479 g/mol. The van der Waals surface area contributed by atoms with Gasteiger partial charge in [-0.05, 0) is 41.5 Å². The fourth-order valence-corrected chi connectivity index (χ4v) is 3.67. The zero-order valence-corrected chi connectivity index (χ0v) is 19.0. The first kappa shape index (κ1) is 21.8. The summed E-state index contributed by atoms with van der Waals surface area (Å²) in [6.45, 7) is 1.91. The second kappa shape index (κ2) is 9.77. The maximum absolute atomic E-state index is 6.51. The van der Waals surface area contributed by atoms with Crippen LogP contribution in [0.2, 0.25) is 15.1 Å². The lowest BCUT2D eigenvalue weighted by Crippen LogP contribution is -2.15. The Morgan fingerprint density at radius 1 is 0.839 bits per heavy atom. The summed E-state index contributed by atoms with van der Waals surface area (Å²) in [7, 11) is 1.59. The number of methoxy groups -OCH3 is 1. The van der Waals surface area contributed by atoms with Gasteiger partial charge in [0.2, 0.25) is 0 Å². The summed E-state index contributed by atoms with van der Waals surface area (Å²) >= 11 is 18.5. The Balaban J connectivity index is 1.45. The molecule has 5 nitrogen and oxygen atoms in total. The van der Waals surface area contributed by atoms with E-state index in [1.165, 1.54) is 0 Å². The molecule has 0 fully saturated rings. The number of anilines is 1. The minimum atomic E-state index is 0.304. The Bertz CT molecular complexity index is 1090. The molecule has 1 heterocycles. The standard InChI is InChI=1S/C23H20Cl3NO4/c1-28-21-9-15(12-27-16-3-5-20-22(10-16)30-7-6-29-20)18(25)11-23(21)31-13-14-2-4-17(24)19(26)8-14/h2-5,8-11,27H,6-7,12-13H2,1H3. The SMILES string of the molecule is COc1cc(CNc2ccc3c(c2)OCCO3)c(Cl)cc1OCc1ccc(Cl)c(Cl)c1. The first-order valence-electron chi connectivity index (χ1n) is 9.60. The van der Waals surface area contributed by atoms with E-state index in [0.717, 1.165) is 28.3 Å². The Kier molecular flexibility index (Phi) is 6.86. The van der Waals surface area contributed by atoms with Crippen LogP contribution in [0.4, 0.5) is 5.69 Å². The van der Waals surface area contributed by atoms with Crippen LogP contribution >= 0.6 is 34.8 Å². The Morgan fingerprint density at radius 2 is 1.65 bits per heavy atom. The van der Waals surface area contributed by atoms with Crippen LogP contribution in [-0.2, 0) is 13.2 Å². The van der Waals surface area contributed by atoms with Crippen molar-refractivity contribution >= 4 is 40.5 Å². The fourth-order valence-electron chi connectivity index (χ4n) is 3.13. The minimum absolute atomic E-state index is 0.304. The average molecular weight is 481 g/mol. The van der Waals surface area contributed by atoms with Crippen molar-refractivity contribution in [3.8, 4) is 23.0 Å². The smallest absolute Gasteiger partial charge is 0.163 e. The summed E-state index contributed by atoms with van der Waals surface area (Å²) in [4.78, 5) is 0. The van der Waals surface area contributed by atoms with Crippen molar-refractivity contribution in [3.05, 3.63) is 74.7 Å². The molecule has 1 aliphatic heterocycles. The van der Waals surface area contributed by atoms with Gasteiger partial charge >= 0.3 is 0 Å². The molecular weight excluding hydrogens is 461 g/mol. The Labute approximate surface area is 195 Å². The van der Waals surface area contributed by atoms with Gasteiger partial charge in [-0.15, -0.1) is 0 Å². The first-order valence-corrected chi connectivity index (χ1v) is 10.7. The Morgan fingerprint density at radius 3 is 2.42 bits per heavy atom. The summed E-state index contributed by atoms with van der Waals surface area (Å²) in [5.74, 6) is 2.61. The molecule has 8 heteroatoms. The van der Waals surface area contributed by atoms with Crippen molar-refractivity contribution in [1.82, 2.24) is 0 Å². The van der Waals surface area contributed by atoms with Crippen molar-refractivity contribution < 1.29 is 18.9 Å². The molecule has 0 amide bonds. The molecule has 3 aromatic rings. The number of fused-ring (bicyclic) bond motifs is 1. The molecule has 4 rings (SSSR count). The third-order valence-corrected chi connectivity index (χ3v) is 5.83. The van der Waals surface area contributed by atoms with E-state index in [4.69, 9.17) is 53.8 Å². The van der Waals surface area contributed by atoms with Gasteiger partial charge in [-0.2, -0.15) is 0 Å². The van der Waals surface area contributed by atoms with Crippen LogP contribution in [0, 0.1) is 0 Å². The molecule has 0 atom stereocenters. The van der Waals surface area contributed by atoms with Gasteiger partial charge in [0.05, 0.1) is 17.2 Å². The predicted molar refractivity (Wildman–Crippen MR) is 124 cm³/mol. The topological polar surface area (TPSA) is 49.0 Å². The van der Waals surface area contributed by atoms with Gasteiger partial charge in [-0.3, -0.25) is 0 Å². The van der Waals surface area contributed by atoms with Crippen LogP contribution in [0.15, 0.2) is 48.5 Å². The number of hydrogen-bond donors (Lipinski definition) is 1. The van der Waals surface area contributed by atoms with Crippen LogP contribution < -0.4 is 24.3 Å². The van der Waals surface area contributed by atoms with E-state index in [9.17, 15) is 0 Å². The maximum atomic E-state index is 6.51. The number of ether oxygens (including phenoxy) is 4. The Hall–Kier alpha value is -2.47. The second-order valence-electron chi connectivity index (χ2n) is 6.84. The molecule has 0 aliphatic carbocycles. The van der Waals surface area contributed by atoms with Crippen LogP contribution in [0.1, 0.15) is 11.1 Å². The quantitative estimate of drug-likeness (QED) is 0.412. The summed E-state index contributed by atoms with van der Waals surface area (Å²) in [6, 6.07) is 14.7. The lowest BCUT2D eigenvalue weighted by molar-refractivity contribution is 0.171. The fraction of sp³-hybridized carbons (Fsp3) is 0.217. The molecular formula is C23H20Cl3NO4. The lowest BCUT2D eigenvalue weighted by Gasteiger charge is -2.19. The number of hydrogen-bond acceptors (Lipinski definition) is 5. The molecule has 162 valence electrons. The molecule has 3 aromatic carbocycles. The highest BCUT2D eigenvalue weighted by Gasteiger charge is 2.14. The van der Waals surface area contributed by atoms with Crippen LogP contribution in [0.25, 0.3) is 0 Å². The van der Waals surface area contributed by atoms with Crippen molar-refractivity contribution in [1.29, 1.82) is 0 Å². The van der Waals surface area contributed by atoms with Crippen LogP contribution in [-0.4, -0.2) is 20.3 Å². The van der Waals surface area contributed by atoms with Crippen molar-refractivity contribution in [3.63, 3.8) is 0 Å². The molecule has 1 aliphatic rings. The van der Waals surface area contributed by atoms with Crippen LogP contribution in [0.5, 0.6) is 23.0 Å². The summed E-state index contributed by atoms with van der Waals surface area (Å²) in [6.07, 6.45) is 0. The van der Waals surface area contributed by atoms with Crippen molar-refractivity contribution in [2.75, 3.05) is 25.6 Å². The molecule has 1 N–H and O–H groups in total. The number of halogens is 3.